The van der Waals surface area contributed by atoms with Crippen LogP contribution in [0.4, 0.5) is 11.4 Å². The molecule has 1 aromatic heterocycles. The molecular formula is C25H33N5S2. The van der Waals surface area contributed by atoms with E-state index in [9.17, 15) is 0 Å². The summed E-state index contributed by atoms with van der Waals surface area (Å²) in [4.78, 5) is 4.88. The molecule has 0 aliphatic carbocycles. The van der Waals surface area contributed by atoms with Gasteiger partial charge < -0.3 is 21.3 Å². The number of pyridine rings is 1. The first kappa shape index (κ1) is 24.1. The number of rotatable bonds is 10. The van der Waals surface area contributed by atoms with Gasteiger partial charge in [-0.05, 0) is 67.6 Å². The number of hydrogen-bond acceptors (Lipinski definition) is 3. The second kappa shape index (κ2) is 12.5. The van der Waals surface area contributed by atoms with Gasteiger partial charge in [-0.3, -0.25) is 0 Å². The molecule has 0 saturated carbocycles. The molecule has 2 aromatic carbocycles. The zero-order valence-corrected chi connectivity index (χ0v) is 20.6. The van der Waals surface area contributed by atoms with Gasteiger partial charge in [-0.15, -0.1) is 0 Å². The Morgan fingerprint density at radius 1 is 0.688 bits per heavy atom. The minimum Gasteiger partial charge on any atom is -0.362 e. The average Bonchev–Trinajstić information content (AvgIpc) is 2.78. The molecule has 7 heteroatoms. The molecule has 170 valence electrons. The first-order chi connectivity index (χ1) is 15.6. The fraction of sp³-hybridized carbons (Fsp3) is 0.400. The molecule has 32 heavy (non-hydrogen) atoms. The number of thiocarbonyl (C=S) groups is 2. The number of hydrogen-bond donors (Lipinski definition) is 4. The number of unbranched alkanes of at least 4 members (excludes halogenated alkanes) is 4. The molecule has 0 saturated heterocycles. The molecule has 0 fully saturated rings. The Morgan fingerprint density at radius 2 is 1.16 bits per heavy atom. The van der Waals surface area contributed by atoms with Crippen LogP contribution in [0.3, 0.4) is 0 Å². The fourth-order valence-corrected chi connectivity index (χ4v) is 3.92. The summed E-state index contributed by atoms with van der Waals surface area (Å²) in [6, 6.07) is 14.5. The third-order valence-electron chi connectivity index (χ3n) is 5.26. The quantitative estimate of drug-likeness (QED) is 0.158. The lowest BCUT2D eigenvalue weighted by molar-refractivity contribution is 0.698. The van der Waals surface area contributed by atoms with Gasteiger partial charge in [-0.2, -0.15) is 0 Å². The van der Waals surface area contributed by atoms with Crippen LogP contribution in [0.15, 0.2) is 42.5 Å². The summed E-state index contributed by atoms with van der Waals surface area (Å²) in [6.07, 6.45) is 7.06. The standard InChI is InChI=1S/C25H33N5S2/c1-3-5-7-13-26-24(31)28-20-11-9-18-15-19-10-12-21(17-23(19)30-22(18)16-20)29-25(32)27-14-8-6-4-2/h9-12,15-17H,3-8,13-14H2,1-2H3,(H2,26,28,31)(H2,27,29,32). The predicted molar refractivity (Wildman–Crippen MR) is 147 cm³/mol. The van der Waals surface area contributed by atoms with Crippen LogP contribution in [0.2, 0.25) is 0 Å². The van der Waals surface area contributed by atoms with Crippen molar-refractivity contribution in [2.24, 2.45) is 0 Å². The van der Waals surface area contributed by atoms with Gasteiger partial charge >= 0.3 is 0 Å². The zero-order valence-electron chi connectivity index (χ0n) is 19.0. The van der Waals surface area contributed by atoms with Crippen LogP contribution < -0.4 is 21.3 Å². The fourth-order valence-electron chi connectivity index (χ4n) is 3.48. The number of anilines is 2. The summed E-state index contributed by atoms with van der Waals surface area (Å²) in [5.41, 5.74) is 3.72. The molecule has 4 N–H and O–H groups in total. The molecule has 0 unspecified atom stereocenters. The number of fused-ring (bicyclic) bond motifs is 2. The highest BCUT2D eigenvalue weighted by atomic mass is 32.1. The Bertz CT molecular complexity index is 986. The van der Waals surface area contributed by atoms with Crippen LogP contribution >= 0.6 is 24.4 Å². The van der Waals surface area contributed by atoms with E-state index >= 15 is 0 Å². The maximum Gasteiger partial charge on any atom is 0.170 e. The zero-order chi connectivity index (χ0) is 22.8. The second-order valence-corrected chi connectivity index (χ2v) is 8.80. The molecule has 0 aliphatic rings. The average molecular weight is 468 g/mol. The van der Waals surface area contributed by atoms with Gasteiger partial charge in [-0.25, -0.2) is 4.98 Å². The molecule has 1 heterocycles. The van der Waals surface area contributed by atoms with Crippen LogP contribution in [0.5, 0.6) is 0 Å². The van der Waals surface area contributed by atoms with E-state index in [0.717, 1.165) is 59.1 Å². The van der Waals surface area contributed by atoms with Gasteiger partial charge in [0.05, 0.1) is 11.0 Å². The van der Waals surface area contributed by atoms with E-state index in [1.54, 1.807) is 0 Å². The third-order valence-corrected chi connectivity index (χ3v) is 5.75. The Labute approximate surface area is 201 Å². The van der Waals surface area contributed by atoms with Crippen LogP contribution in [0.1, 0.15) is 52.4 Å². The highest BCUT2D eigenvalue weighted by molar-refractivity contribution is 7.80. The van der Waals surface area contributed by atoms with Gasteiger partial charge in [0.15, 0.2) is 10.2 Å². The third kappa shape index (κ3) is 7.28. The van der Waals surface area contributed by atoms with E-state index in [4.69, 9.17) is 29.4 Å². The lowest BCUT2D eigenvalue weighted by Crippen LogP contribution is -2.29. The van der Waals surface area contributed by atoms with Crippen molar-refractivity contribution in [2.45, 2.75) is 52.4 Å². The summed E-state index contributed by atoms with van der Waals surface area (Å²) in [5.74, 6) is 0. The number of nitrogens with one attached hydrogen (secondary N) is 4. The summed E-state index contributed by atoms with van der Waals surface area (Å²) in [7, 11) is 0. The Hall–Kier alpha value is -2.51. The van der Waals surface area contributed by atoms with E-state index in [1.807, 2.05) is 24.3 Å². The van der Waals surface area contributed by atoms with Crippen LogP contribution in [0, 0.1) is 0 Å². The maximum absolute atomic E-state index is 5.42. The van der Waals surface area contributed by atoms with E-state index in [-0.39, 0.29) is 0 Å². The molecular weight excluding hydrogens is 434 g/mol. The van der Waals surface area contributed by atoms with Crippen LogP contribution in [-0.4, -0.2) is 28.3 Å². The molecule has 3 aromatic rings. The van der Waals surface area contributed by atoms with Crippen molar-refractivity contribution in [1.29, 1.82) is 0 Å². The Morgan fingerprint density at radius 3 is 1.59 bits per heavy atom. The highest BCUT2D eigenvalue weighted by Crippen LogP contribution is 2.24. The minimum absolute atomic E-state index is 0.646. The van der Waals surface area contributed by atoms with Crippen LogP contribution in [-0.2, 0) is 0 Å². The maximum atomic E-state index is 5.42. The molecule has 0 bridgehead atoms. The summed E-state index contributed by atoms with van der Waals surface area (Å²) >= 11 is 10.8. The number of benzene rings is 2. The van der Waals surface area contributed by atoms with Crippen molar-refractivity contribution >= 4 is 67.8 Å². The van der Waals surface area contributed by atoms with E-state index in [2.05, 4.69) is 53.3 Å². The summed E-state index contributed by atoms with van der Waals surface area (Å²) in [5, 5.41) is 16.5. The van der Waals surface area contributed by atoms with Crippen molar-refractivity contribution in [1.82, 2.24) is 15.6 Å². The van der Waals surface area contributed by atoms with Crippen molar-refractivity contribution in [3.8, 4) is 0 Å². The molecule has 0 atom stereocenters. The molecule has 0 spiro atoms. The normalized spacial score (nSPS) is 10.8. The smallest absolute Gasteiger partial charge is 0.170 e. The van der Waals surface area contributed by atoms with Gasteiger partial charge in [0, 0.05) is 35.2 Å². The van der Waals surface area contributed by atoms with Crippen molar-refractivity contribution in [3.05, 3.63) is 42.5 Å². The van der Waals surface area contributed by atoms with Gasteiger partial charge in [-0.1, -0.05) is 51.7 Å². The van der Waals surface area contributed by atoms with Crippen molar-refractivity contribution < 1.29 is 0 Å². The number of nitrogens with zero attached hydrogens (tertiary/aromatic N) is 1. The van der Waals surface area contributed by atoms with E-state index in [1.165, 1.54) is 25.7 Å². The molecule has 0 aliphatic heterocycles. The van der Waals surface area contributed by atoms with Crippen LogP contribution in [0.25, 0.3) is 21.8 Å². The summed E-state index contributed by atoms with van der Waals surface area (Å²) in [6.45, 7) is 6.17. The van der Waals surface area contributed by atoms with Crippen molar-refractivity contribution in [2.75, 3.05) is 23.7 Å². The molecule has 5 nitrogen and oxygen atoms in total. The topological polar surface area (TPSA) is 61.0 Å². The number of aromatic nitrogens is 1. The van der Waals surface area contributed by atoms with E-state index < -0.39 is 0 Å². The monoisotopic (exact) mass is 467 g/mol. The van der Waals surface area contributed by atoms with E-state index in [0.29, 0.717) is 10.2 Å². The predicted octanol–water partition coefficient (Wildman–Crippen LogP) is 6.34. The Kier molecular flexibility index (Phi) is 9.43. The minimum atomic E-state index is 0.646. The molecule has 3 rings (SSSR count). The van der Waals surface area contributed by atoms with Gasteiger partial charge in [0.25, 0.3) is 0 Å². The van der Waals surface area contributed by atoms with Gasteiger partial charge in [0.1, 0.15) is 0 Å². The first-order valence-corrected chi connectivity index (χ1v) is 12.3. The second-order valence-electron chi connectivity index (χ2n) is 7.98. The molecule has 0 amide bonds. The first-order valence-electron chi connectivity index (χ1n) is 11.5. The SMILES string of the molecule is CCCCCNC(=S)Nc1ccc2cc3ccc(NC(=S)NCCCCC)cc3nc2c1. The summed E-state index contributed by atoms with van der Waals surface area (Å²) < 4.78 is 0. The lowest BCUT2D eigenvalue weighted by Gasteiger charge is -2.12. The lowest BCUT2D eigenvalue weighted by atomic mass is 10.1. The largest absolute Gasteiger partial charge is 0.362 e. The van der Waals surface area contributed by atoms with Crippen molar-refractivity contribution in [3.63, 3.8) is 0 Å². The van der Waals surface area contributed by atoms with Gasteiger partial charge in [0.2, 0.25) is 0 Å². The Balaban J connectivity index is 1.68. The highest BCUT2D eigenvalue weighted by Gasteiger charge is 2.05. The molecule has 0 radical (unpaired) electrons.